The molecule has 0 saturated heterocycles. The van der Waals surface area contributed by atoms with Crippen LogP contribution in [-0.2, 0) is 0 Å². The fraction of sp³-hybridized carbons (Fsp3) is 1.00. The van der Waals surface area contributed by atoms with E-state index < -0.39 is 19.8 Å². The van der Waals surface area contributed by atoms with Crippen LogP contribution in [0, 0.1) is 17.8 Å². The molecular weight excluding hydrogens is 263 g/mol. The molecule has 0 N–H and O–H groups in total. The molecule has 0 unspecified atom stereocenters. The second kappa shape index (κ2) is 7.14. The van der Waals surface area contributed by atoms with Crippen molar-refractivity contribution in [3.05, 3.63) is 0 Å². The van der Waals surface area contributed by atoms with Gasteiger partial charge in [-0.05, 0) is 0 Å². The molecule has 0 amide bonds. The third kappa shape index (κ3) is 9.11. The SMILES string of the molecule is CC(C)[CH2][Sn]([CH2]C(C)C)[CH2]C(C)C. The zero-order valence-corrected chi connectivity index (χ0v) is 13.2. The van der Waals surface area contributed by atoms with E-state index in [-0.39, 0.29) is 0 Å². The number of hydrogen-bond donors (Lipinski definition) is 0. The van der Waals surface area contributed by atoms with Crippen LogP contribution < -0.4 is 0 Å². The van der Waals surface area contributed by atoms with Crippen molar-refractivity contribution in [2.75, 3.05) is 0 Å². The molecule has 0 aromatic carbocycles. The molecule has 0 nitrogen and oxygen atoms in total. The molecule has 1 radical (unpaired) electrons. The molecular formula is C12H27Sn. The first-order chi connectivity index (χ1) is 5.91. The molecule has 0 aromatic heterocycles. The van der Waals surface area contributed by atoms with Gasteiger partial charge in [-0.1, -0.05) is 0 Å². The molecule has 79 valence electrons. The Labute approximate surface area is 92.2 Å². The number of hydrogen-bond acceptors (Lipinski definition) is 0. The summed E-state index contributed by atoms with van der Waals surface area (Å²) in [5, 5.41) is 0. The zero-order valence-electron chi connectivity index (χ0n) is 10.4. The van der Waals surface area contributed by atoms with E-state index in [2.05, 4.69) is 41.5 Å². The van der Waals surface area contributed by atoms with E-state index in [1.807, 2.05) is 0 Å². The van der Waals surface area contributed by atoms with Gasteiger partial charge < -0.3 is 0 Å². The predicted octanol–water partition coefficient (Wildman–Crippen LogP) is 4.45. The molecule has 0 atom stereocenters. The summed E-state index contributed by atoms with van der Waals surface area (Å²) < 4.78 is 4.83. The molecule has 0 aliphatic rings. The molecule has 0 spiro atoms. The number of rotatable bonds is 6. The molecule has 0 rings (SSSR count). The Morgan fingerprint density at radius 3 is 1.00 bits per heavy atom. The molecule has 0 bridgehead atoms. The van der Waals surface area contributed by atoms with Gasteiger partial charge in [0.2, 0.25) is 0 Å². The van der Waals surface area contributed by atoms with Gasteiger partial charge >= 0.3 is 92.4 Å². The second-order valence-corrected chi connectivity index (χ2v) is 13.3. The minimum absolute atomic E-state index is 0.951. The predicted molar refractivity (Wildman–Crippen MR) is 64.7 cm³/mol. The van der Waals surface area contributed by atoms with Gasteiger partial charge in [0, 0.05) is 0 Å². The van der Waals surface area contributed by atoms with Crippen LogP contribution in [-0.4, -0.2) is 19.8 Å². The van der Waals surface area contributed by atoms with E-state index in [1.54, 1.807) is 13.3 Å². The second-order valence-electron chi connectivity index (χ2n) is 5.54. The van der Waals surface area contributed by atoms with Crippen LogP contribution in [0.25, 0.3) is 0 Å². The van der Waals surface area contributed by atoms with Crippen molar-refractivity contribution in [1.29, 1.82) is 0 Å². The van der Waals surface area contributed by atoms with Crippen molar-refractivity contribution in [3.8, 4) is 0 Å². The molecule has 0 heterocycles. The fourth-order valence-electron chi connectivity index (χ4n) is 1.98. The van der Waals surface area contributed by atoms with Crippen molar-refractivity contribution in [3.63, 3.8) is 0 Å². The third-order valence-corrected chi connectivity index (χ3v) is 14.0. The van der Waals surface area contributed by atoms with E-state index in [0.717, 1.165) is 17.8 Å². The van der Waals surface area contributed by atoms with E-state index in [4.69, 9.17) is 0 Å². The molecule has 1 heteroatoms. The maximum atomic E-state index is 2.39. The summed E-state index contributed by atoms with van der Waals surface area (Å²) in [4.78, 5) is 0. The van der Waals surface area contributed by atoms with Crippen LogP contribution >= 0.6 is 0 Å². The summed E-state index contributed by atoms with van der Waals surface area (Å²) in [6, 6.07) is 0. The van der Waals surface area contributed by atoms with Crippen LogP contribution in [0.1, 0.15) is 41.5 Å². The van der Waals surface area contributed by atoms with Crippen molar-refractivity contribution in [2.24, 2.45) is 17.8 Å². The molecule has 0 aliphatic carbocycles. The maximum absolute atomic E-state index is 2.39. The molecule has 0 aromatic rings. The van der Waals surface area contributed by atoms with Crippen LogP contribution in [0.15, 0.2) is 0 Å². The average Bonchev–Trinajstić information content (AvgIpc) is 1.80. The van der Waals surface area contributed by atoms with E-state index >= 15 is 0 Å². The van der Waals surface area contributed by atoms with Gasteiger partial charge in [0.1, 0.15) is 0 Å². The van der Waals surface area contributed by atoms with Crippen molar-refractivity contribution in [2.45, 2.75) is 54.9 Å². The van der Waals surface area contributed by atoms with Crippen molar-refractivity contribution < 1.29 is 0 Å². The summed E-state index contributed by atoms with van der Waals surface area (Å²) in [7, 11) is 0. The van der Waals surface area contributed by atoms with Crippen molar-refractivity contribution in [1.82, 2.24) is 0 Å². The van der Waals surface area contributed by atoms with Gasteiger partial charge in [-0.3, -0.25) is 0 Å². The van der Waals surface area contributed by atoms with Crippen LogP contribution in [0.5, 0.6) is 0 Å². The Morgan fingerprint density at radius 1 is 0.615 bits per heavy atom. The van der Waals surface area contributed by atoms with E-state index in [9.17, 15) is 0 Å². The summed E-state index contributed by atoms with van der Waals surface area (Å²) in [6.45, 7) is 14.3. The van der Waals surface area contributed by atoms with Gasteiger partial charge in [0.25, 0.3) is 0 Å². The Kier molecular flexibility index (Phi) is 7.58. The Morgan fingerprint density at radius 2 is 0.846 bits per heavy atom. The Bertz CT molecular complexity index is 92.5. The fourth-order valence-corrected chi connectivity index (χ4v) is 13.3. The Balaban J connectivity index is 3.87. The minimum atomic E-state index is -0.976. The summed E-state index contributed by atoms with van der Waals surface area (Å²) in [6.07, 6.45) is 0. The first-order valence-electron chi connectivity index (χ1n) is 5.75. The summed E-state index contributed by atoms with van der Waals surface area (Å²) in [5.74, 6) is 2.85. The van der Waals surface area contributed by atoms with Crippen LogP contribution in [0.3, 0.4) is 0 Å². The molecule has 0 aliphatic heterocycles. The first kappa shape index (κ1) is 13.8. The van der Waals surface area contributed by atoms with Crippen LogP contribution in [0.2, 0.25) is 13.3 Å². The van der Waals surface area contributed by atoms with Gasteiger partial charge in [-0.2, -0.15) is 0 Å². The van der Waals surface area contributed by atoms with Gasteiger partial charge in [-0.25, -0.2) is 0 Å². The summed E-state index contributed by atoms with van der Waals surface area (Å²) >= 11 is -0.976. The first-order valence-corrected chi connectivity index (χ1v) is 11.8. The van der Waals surface area contributed by atoms with Crippen LogP contribution in [0.4, 0.5) is 0 Å². The van der Waals surface area contributed by atoms with Gasteiger partial charge in [0.05, 0.1) is 0 Å². The summed E-state index contributed by atoms with van der Waals surface area (Å²) in [5.41, 5.74) is 0. The molecule has 0 saturated carbocycles. The zero-order chi connectivity index (χ0) is 10.4. The van der Waals surface area contributed by atoms with Gasteiger partial charge in [-0.15, -0.1) is 0 Å². The average molecular weight is 290 g/mol. The monoisotopic (exact) mass is 291 g/mol. The topological polar surface area (TPSA) is 0 Å². The Hall–Kier alpha value is 0.799. The van der Waals surface area contributed by atoms with Crippen molar-refractivity contribution >= 4 is 19.8 Å². The normalized spacial score (nSPS) is 12.5. The molecule has 13 heavy (non-hydrogen) atoms. The third-order valence-electron chi connectivity index (χ3n) is 2.09. The molecule has 0 fully saturated rings. The van der Waals surface area contributed by atoms with E-state index in [1.165, 1.54) is 0 Å². The standard InChI is InChI=1S/3C4H9.Sn/c3*1-4(2)3;/h3*4H,1H2,2-3H3;. The van der Waals surface area contributed by atoms with E-state index in [0.29, 0.717) is 0 Å². The van der Waals surface area contributed by atoms with Gasteiger partial charge in [0.15, 0.2) is 0 Å². The quantitative estimate of drug-likeness (QED) is 0.634.